The average molecular weight is 409 g/mol. The fourth-order valence-corrected chi connectivity index (χ4v) is 4.02. The third kappa shape index (κ3) is 12.2. The van der Waals surface area contributed by atoms with Crippen LogP contribution in [0.1, 0.15) is 84.0 Å². The molecule has 1 fully saturated rings. The van der Waals surface area contributed by atoms with Crippen molar-refractivity contribution in [1.82, 2.24) is 10.2 Å². The number of unbranched alkanes of at least 4 members (excludes halogenated alkanes) is 5. The maximum atomic E-state index is 12.2. The summed E-state index contributed by atoms with van der Waals surface area (Å²) < 4.78 is 0. The van der Waals surface area contributed by atoms with Gasteiger partial charge in [-0.05, 0) is 45.7 Å². The van der Waals surface area contributed by atoms with Crippen molar-refractivity contribution in [3.05, 3.63) is 12.2 Å². The summed E-state index contributed by atoms with van der Waals surface area (Å²) in [5.41, 5.74) is 0. The number of likely N-dealkylation sites (N-methyl/N-ethyl adjacent to an activating group) is 1. The number of Topliss-reactive ketones (excluding diaryl/α,β-unsaturated/α-hetero) is 1. The van der Waals surface area contributed by atoms with Crippen molar-refractivity contribution in [2.45, 2.75) is 90.1 Å². The van der Waals surface area contributed by atoms with Gasteiger partial charge in [0.15, 0.2) is 0 Å². The molecule has 1 aliphatic rings. The van der Waals surface area contributed by atoms with E-state index in [-0.39, 0.29) is 17.9 Å². The molecule has 0 aromatic rings. The second-order valence-corrected chi connectivity index (χ2v) is 8.83. The van der Waals surface area contributed by atoms with E-state index in [1.54, 1.807) is 0 Å². The SMILES string of the molecule is CCCCCC(O)C=CC1CCC(=O)C1CCCCCCC(=O)NCCN(C)C. The highest BCUT2D eigenvalue weighted by Gasteiger charge is 2.32. The lowest BCUT2D eigenvalue weighted by molar-refractivity contribution is -0.121. The Morgan fingerprint density at radius 2 is 1.97 bits per heavy atom. The standard InChI is InChI=1S/C24H44N2O3/c1-4-5-8-11-21(27)16-14-20-15-17-23(28)22(20)12-9-6-7-10-13-24(29)25-18-19-26(2)3/h14,16,20-22,27H,4-13,15,17-19H2,1-3H3,(H,25,29). The Kier molecular flexibility index (Phi) is 13.9. The van der Waals surface area contributed by atoms with Gasteiger partial charge in [-0.3, -0.25) is 9.59 Å². The quantitative estimate of drug-likeness (QED) is 0.298. The largest absolute Gasteiger partial charge is 0.389 e. The molecule has 1 aliphatic carbocycles. The number of nitrogens with zero attached hydrogens (tertiary/aromatic N) is 1. The van der Waals surface area contributed by atoms with Crippen LogP contribution in [0.25, 0.3) is 0 Å². The van der Waals surface area contributed by atoms with Gasteiger partial charge >= 0.3 is 0 Å². The van der Waals surface area contributed by atoms with Crippen molar-refractivity contribution < 1.29 is 14.7 Å². The summed E-state index contributed by atoms with van der Waals surface area (Å²) in [7, 11) is 3.99. The second-order valence-electron chi connectivity index (χ2n) is 8.83. The summed E-state index contributed by atoms with van der Waals surface area (Å²) in [4.78, 5) is 26.1. The average Bonchev–Trinajstić information content (AvgIpc) is 3.02. The van der Waals surface area contributed by atoms with Crippen molar-refractivity contribution >= 4 is 11.7 Å². The molecule has 1 amide bonds. The minimum atomic E-state index is -0.373. The van der Waals surface area contributed by atoms with Crippen molar-refractivity contribution in [3.63, 3.8) is 0 Å². The van der Waals surface area contributed by atoms with Gasteiger partial charge in [0.1, 0.15) is 5.78 Å². The molecule has 1 saturated carbocycles. The van der Waals surface area contributed by atoms with Crippen molar-refractivity contribution in [2.24, 2.45) is 11.8 Å². The summed E-state index contributed by atoms with van der Waals surface area (Å²) in [5.74, 6) is 0.954. The first-order chi connectivity index (χ1) is 13.9. The lowest BCUT2D eigenvalue weighted by Gasteiger charge is -2.15. The zero-order valence-electron chi connectivity index (χ0n) is 19.0. The molecular formula is C24H44N2O3. The highest BCUT2D eigenvalue weighted by atomic mass is 16.3. The Balaban J connectivity index is 2.18. The van der Waals surface area contributed by atoms with E-state index < -0.39 is 0 Å². The van der Waals surface area contributed by atoms with E-state index in [9.17, 15) is 14.7 Å². The lowest BCUT2D eigenvalue weighted by atomic mass is 9.89. The summed E-state index contributed by atoms with van der Waals surface area (Å²) in [6, 6.07) is 0. The number of amides is 1. The minimum absolute atomic E-state index is 0.128. The molecule has 0 aliphatic heterocycles. The number of ketones is 1. The molecule has 0 saturated heterocycles. The molecule has 0 aromatic carbocycles. The molecule has 5 heteroatoms. The lowest BCUT2D eigenvalue weighted by Crippen LogP contribution is -2.31. The van der Waals surface area contributed by atoms with Gasteiger partial charge in [0, 0.05) is 31.8 Å². The van der Waals surface area contributed by atoms with Gasteiger partial charge in [0.25, 0.3) is 0 Å². The number of carbonyl (C=O) groups is 2. The predicted molar refractivity (Wildman–Crippen MR) is 120 cm³/mol. The van der Waals surface area contributed by atoms with Gasteiger partial charge in [0.05, 0.1) is 6.10 Å². The van der Waals surface area contributed by atoms with Crippen LogP contribution in [-0.2, 0) is 9.59 Å². The zero-order chi connectivity index (χ0) is 21.5. The number of aliphatic hydroxyl groups is 1. The van der Waals surface area contributed by atoms with Crippen molar-refractivity contribution in [1.29, 1.82) is 0 Å². The molecule has 0 bridgehead atoms. The van der Waals surface area contributed by atoms with Crippen LogP contribution >= 0.6 is 0 Å². The number of hydrogen-bond donors (Lipinski definition) is 2. The number of rotatable bonds is 16. The van der Waals surface area contributed by atoms with Crippen molar-refractivity contribution in [3.8, 4) is 0 Å². The minimum Gasteiger partial charge on any atom is -0.389 e. The summed E-state index contributed by atoms with van der Waals surface area (Å²) >= 11 is 0. The van der Waals surface area contributed by atoms with Gasteiger partial charge in [-0.15, -0.1) is 0 Å². The van der Waals surface area contributed by atoms with Crippen molar-refractivity contribution in [2.75, 3.05) is 27.2 Å². The fraction of sp³-hybridized carbons (Fsp3) is 0.833. The molecule has 0 spiro atoms. The van der Waals surface area contributed by atoms with Gasteiger partial charge in [-0.25, -0.2) is 0 Å². The molecule has 29 heavy (non-hydrogen) atoms. The van der Waals surface area contributed by atoms with Crippen LogP contribution in [0, 0.1) is 11.8 Å². The van der Waals surface area contributed by atoms with Gasteiger partial charge < -0.3 is 15.3 Å². The molecule has 1 rings (SSSR count). The maximum absolute atomic E-state index is 12.2. The Morgan fingerprint density at radius 1 is 1.21 bits per heavy atom. The first-order valence-electron chi connectivity index (χ1n) is 11.7. The monoisotopic (exact) mass is 408 g/mol. The third-order valence-corrected chi connectivity index (χ3v) is 5.89. The topological polar surface area (TPSA) is 69.6 Å². The van der Waals surface area contributed by atoms with E-state index in [4.69, 9.17) is 0 Å². The third-order valence-electron chi connectivity index (χ3n) is 5.89. The van der Waals surface area contributed by atoms with Crippen LogP contribution in [-0.4, -0.2) is 55.0 Å². The van der Waals surface area contributed by atoms with E-state index in [1.807, 2.05) is 20.2 Å². The molecule has 168 valence electrons. The molecular weight excluding hydrogens is 364 g/mol. The van der Waals surface area contributed by atoms with E-state index in [2.05, 4.69) is 23.2 Å². The van der Waals surface area contributed by atoms with Gasteiger partial charge in [-0.1, -0.05) is 57.6 Å². The van der Waals surface area contributed by atoms with E-state index in [1.165, 1.54) is 0 Å². The molecule has 5 nitrogen and oxygen atoms in total. The second kappa shape index (κ2) is 15.6. The molecule has 2 N–H and O–H groups in total. The highest BCUT2D eigenvalue weighted by Crippen LogP contribution is 2.34. The molecule has 3 atom stereocenters. The van der Waals surface area contributed by atoms with E-state index in [0.717, 1.165) is 70.8 Å². The smallest absolute Gasteiger partial charge is 0.220 e. The maximum Gasteiger partial charge on any atom is 0.220 e. The summed E-state index contributed by atoms with van der Waals surface area (Å²) in [6.07, 6.45) is 15.1. The Bertz CT molecular complexity index is 491. The highest BCUT2D eigenvalue weighted by molar-refractivity contribution is 5.83. The first kappa shape index (κ1) is 25.8. The molecule has 0 aromatic heterocycles. The van der Waals surface area contributed by atoms with E-state index >= 15 is 0 Å². The Labute approximate surface area is 178 Å². The Morgan fingerprint density at radius 3 is 2.69 bits per heavy atom. The number of allylic oxidation sites excluding steroid dienone is 1. The summed E-state index contributed by atoms with van der Waals surface area (Å²) in [6.45, 7) is 3.74. The molecule has 0 radical (unpaired) electrons. The normalized spacial score (nSPS) is 20.7. The van der Waals surface area contributed by atoms with Gasteiger partial charge in [-0.2, -0.15) is 0 Å². The first-order valence-corrected chi connectivity index (χ1v) is 11.7. The Hall–Kier alpha value is -1.20. The fourth-order valence-electron chi connectivity index (χ4n) is 4.02. The number of hydrogen-bond acceptors (Lipinski definition) is 4. The number of carbonyl (C=O) groups excluding carboxylic acids is 2. The van der Waals surface area contributed by atoms with Crippen LogP contribution in [0.15, 0.2) is 12.2 Å². The zero-order valence-corrected chi connectivity index (χ0v) is 19.0. The van der Waals surface area contributed by atoms with Gasteiger partial charge in [0.2, 0.25) is 5.91 Å². The number of aliphatic hydroxyl groups excluding tert-OH is 1. The van der Waals surface area contributed by atoms with Crippen LogP contribution in [0.4, 0.5) is 0 Å². The molecule has 0 heterocycles. The van der Waals surface area contributed by atoms with Crippen LogP contribution in [0.5, 0.6) is 0 Å². The number of nitrogens with one attached hydrogen (secondary N) is 1. The van der Waals surface area contributed by atoms with Crippen LogP contribution in [0.3, 0.4) is 0 Å². The van der Waals surface area contributed by atoms with E-state index in [0.29, 0.717) is 31.1 Å². The summed E-state index contributed by atoms with van der Waals surface area (Å²) in [5, 5.41) is 13.0. The predicted octanol–water partition coefficient (Wildman–Crippen LogP) is 4.10. The molecule has 3 unspecified atom stereocenters. The van der Waals surface area contributed by atoms with Crippen LogP contribution < -0.4 is 5.32 Å². The van der Waals surface area contributed by atoms with Crippen LogP contribution in [0.2, 0.25) is 0 Å².